The average Bonchev–Trinajstić information content (AvgIpc) is 3.18. The molecule has 1 aliphatic heterocycles. The molecule has 19 nitrogen and oxygen atoms in total. The molecule has 0 bridgehead atoms. The third-order valence-corrected chi connectivity index (χ3v) is 8.22. The maximum Gasteiger partial charge on any atom is 0.490 e. The molecule has 3 rings (SSSR count). The lowest BCUT2D eigenvalue weighted by atomic mass is 9.96. The lowest BCUT2D eigenvalue weighted by Gasteiger charge is -2.31. The molecule has 1 saturated heterocycles. The van der Waals surface area contributed by atoms with Crippen LogP contribution in [0.2, 0.25) is 0 Å². The van der Waals surface area contributed by atoms with Gasteiger partial charge in [-0.2, -0.15) is 18.6 Å². The highest BCUT2D eigenvalue weighted by Crippen LogP contribution is 2.66. The molecule has 24 heteroatoms. The van der Waals surface area contributed by atoms with Crippen LogP contribution in [0.15, 0.2) is 6.33 Å². The van der Waals surface area contributed by atoms with Crippen LogP contribution in [0.1, 0.15) is 6.23 Å². The summed E-state index contributed by atoms with van der Waals surface area (Å²) >= 11 is 0. The Labute approximate surface area is 191 Å². The quantitative estimate of drug-likeness (QED) is 0.160. The van der Waals surface area contributed by atoms with Gasteiger partial charge in [0.05, 0.1) is 12.9 Å². The molecular weight excluding hydrogens is 555 g/mol. The zero-order chi connectivity index (χ0) is 26.6. The van der Waals surface area contributed by atoms with Gasteiger partial charge in [-0.15, -0.1) is 0 Å². The lowest BCUT2D eigenvalue weighted by Crippen LogP contribution is -2.52. The van der Waals surface area contributed by atoms with Gasteiger partial charge in [0.25, 0.3) is 6.43 Å². The maximum absolute atomic E-state index is 14.0. The number of nitrogen functional groups attached to an aromatic ring is 2. The summed E-state index contributed by atoms with van der Waals surface area (Å²) in [5, 5.41) is 20.7. The summed E-state index contributed by atoms with van der Waals surface area (Å²) < 4.78 is 79.1. The first-order chi connectivity index (χ1) is 15.9. The third kappa shape index (κ3) is 5.83. The fourth-order valence-electron chi connectivity index (χ4n) is 3.02. The fourth-order valence-corrected chi connectivity index (χ4v) is 6.08. The van der Waals surface area contributed by atoms with Gasteiger partial charge in [0.15, 0.2) is 23.3 Å². The number of rotatable bonds is 9. The molecule has 0 saturated carbocycles. The molecule has 0 aromatic carbocycles. The first-order valence-corrected chi connectivity index (χ1v) is 13.3. The fraction of sp³-hybridized carbons (Fsp3) is 0.545. The zero-order valence-corrected chi connectivity index (χ0v) is 19.4. The molecule has 6 atom stereocenters. The Bertz CT molecular complexity index is 1260. The van der Waals surface area contributed by atoms with Gasteiger partial charge in [0, 0.05) is 0 Å². The molecule has 1 aliphatic rings. The number of fused-ring (bicyclic) bond motifs is 1. The van der Waals surface area contributed by atoms with E-state index in [1.165, 1.54) is 0 Å². The molecule has 0 spiro atoms. The van der Waals surface area contributed by atoms with Crippen molar-refractivity contribution in [3.63, 3.8) is 0 Å². The van der Waals surface area contributed by atoms with Crippen LogP contribution in [0.5, 0.6) is 0 Å². The molecule has 2 unspecified atom stereocenters. The van der Waals surface area contributed by atoms with Crippen LogP contribution in [0.3, 0.4) is 0 Å². The normalized spacial score (nSPS) is 28.9. The van der Waals surface area contributed by atoms with E-state index >= 15 is 0 Å². The standard InChI is InChI=1S/C11H17F2N6O13P3/c12-9(13)11(1-29-34(25,26)32-35(27,28)31-33(22,23)24)5(21)4(20)8(30-11)19-2-16-3-6(14)17-10(15)18-7(3)19/h2,4-5,8-9,20-21H,1H2,(H,25,26)(H,27,28)(H2,22,23,24)(H4,14,15,17,18)/t4-,5+,8-,11-/m1/s1. The predicted molar refractivity (Wildman–Crippen MR) is 105 cm³/mol. The number of hydrogen-bond donors (Lipinski definition) is 8. The molecule has 1 fully saturated rings. The van der Waals surface area contributed by atoms with E-state index in [2.05, 4.69) is 28.1 Å². The van der Waals surface area contributed by atoms with Crippen molar-refractivity contribution >= 4 is 46.4 Å². The number of nitrogens with two attached hydrogens (primary N) is 2. The number of phosphoric acid groups is 3. The van der Waals surface area contributed by atoms with Crippen molar-refractivity contribution < 1.29 is 70.1 Å². The number of aromatic nitrogens is 4. The molecule has 10 N–H and O–H groups in total. The number of alkyl halides is 2. The number of imidazole rings is 1. The van der Waals surface area contributed by atoms with Crippen molar-refractivity contribution in [3.8, 4) is 0 Å². The van der Waals surface area contributed by atoms with Gasteiger partial charge in [-0.05, 0) is 0 Å². The van der Waals surface area contributed by atoms with Gasteiger partial charge in [0.2, 0.25) is 5.95 Å². The second-order valence-corrected chi connectivity index (χ2v) is 11.3. The van der Waals surface area contributed by atoms with Crippen molar-refractivity contribution in [2.45, 2.75) is 30.5 Å². The highest BCUT2D eigenvalue weighted by atomic mass is 31.3. The van der Waals surface area contributed by atoms with E-state index < -0.39 is 60.5 Å². The molecular formula is C11H17F2N6O13P3. The van der Waals surface area contributed by atoms with Crippen LogP contribution in [-0.4, -0.2) is 80.1 Å². The number of halogens is 2. The number of hydrogen-bond acceptors (Lipinski definition) is 14. The van der Waals surface area contributed by atoms with Crippen molar-refractivity contribution in [2.75, 3.05) is 18.1 Å². The molecule has 0 radical (unpaired) electrons. The Morgan fingerprint density at radius 1 is 1.11 bits per heavy atom. The Balaban J connectivity index is 1.88. The summed E-state index contributed by atoms with van der Waals surface area (Å²) in [6, 6.07) is 0. The molecule has 0 aliphatic carbocycles. The SMILES string of the molecule is Nc1nc(N)c2ncn([C@@H]3O[C@@](COP(=O)(O)OP(=O)(O)OP(=O)(O)O)(C(F)F)[C@@H](O)[C@H]3O)c2n1. The highest BCUT2D eigenvalue weighted by molar-refractivity contribution is 7.66. The molecule has 0 amide bonds. The average molecular weight is 572 g/mol. The van der Waals surface area contributed by atoms with Gasteiger partial charge in [-0.3, -0.25) is 9.09 Å². The molecule has 198 valence electrons. The summed E-state index contributed by atoms with van der Waals surface area (Å²) in [6.45, 7) is -1.75. The summed E-state index contributed by atoms with van der Waals surface area (Å²) in [5.41, 5.74) is 7.60. The van der Waals surface area contributed by atoms with E-state index in [9.17, 15) is 37.6 Å². The number of aliphatic hydroxyl groups is 2. The van der Waals surface area contributed by atoms with E-state index in [4.69, 9.17) is 30.9 Å². The summed E-state index contributed by atoms with van der Waals surface area (Å²) in [6.07, 6.45) is -9.36. The monoisotopic (exact) mass is 572 g/mol. The van der Waals surface area contributed by atoms with Crippen LogP contribution in [0.4, 0.5) is 20.5 Å². The van der Waals surface area contributed by atoms with Crippen LogP contribution in [-0.2, 0) is 31.6 Å². The lowest BCUT2D eigenvalue weighted by molar-refractivity contribution is -0.192. The number of ether oxygens (including phenoxy) is 1. The van der Waals surface area contributed by atoms with Crippen LogP contribution in [0.25, 0.3) is 11.2 Å². The first-order valence-electron chi connectivity index (χ1n) is 8.73. The number of anilines is 2. The Morgan fingerprint density at radius 3 is 2.31 bits per heavy atom. The topological polar surface area (TPSA) is 305 Å². The summed E-state index contributed by atoms with van der Waals surface area (Å²) in [5.74, 6) is -0.579. The smallest absolute Gasteiger partial charge is 0.387 e. The Hall–Kier alpha value is -1.70. The van der Waals surface area contributed by atoms with Crippen molar-refractivity contribution in [1.82, 2.24) is 19.5 Å². The van der Waals surface area contributed by atoms with E-state index in [1.54, 1.807) is 0 Å². The van der Waals surface area contributed by atoms with E-state index in [0.717, 1.165) is 10.9 Å². The van der Waals surface area contributed by atoms with Crippen LogP contribution in [0, 0.1) is 0 Å². The number of nitrogens with zero attached hydrogens (tertiary/aromatic N) is 4. The Kier molecular flexibility index (Phi) is 7.42. The molecule has 2 aromatic rings. The number of aliphatic hydroxyl groups excluding tert-OH is 2. The largest absolute Gasteiger partial charge is 0.490 e. The van der Waals surface area contributed by atoms with Gasteiger partial charge in [0.1, 0.15) is 17.7 Å². The number of phosphoric ester groups is 1. The predicted octanol–water partition coefficient (Wildman–Crippen LogP) is -1.41. The third-order valence-electron chi connectivity index (χ3n) is 4.43. The highest BCUT2D eigenvalue weighted by Gasteiger charge is 2.62. The Morgan fingerprint density at radius 2 is 1.74 bits per heavy atom. The van der Waals surface area contributed by atoms with Crippen molar-refractivity contribution in [1.29, 1.82) is 0 Å². The van der Waals surface area contributed by atoms with E-state index in [0.29, 0.717) is 0 Å². The molecule has 3 heterocycles. The maximum atomic E-state index is 14.0. The first kappa shape index (κ1) is 27.9. The molecule has 35 heavy (non-hydrogen) atoms. The second kappa shape index (κ2) is 9.31. The van der Waals surface area contributed by atoms with Gasteiger partial charge < -0.3 is 46.0 Å². The van der Waals surface area contributed by atoms with Gasteiger partial charge >= 0.3 is 23.5 Å². The van der Waals surface area contributed by atoms with Gasteiger partial charge in [-0.25, -0.2) is 27.5 Å². The molecule has 2 aromatic heterocycles. The second-order valence-electron chi connectivity index (χ2n) is 6.86. The summed E-state index contributed by atoms with van der Waals surface area (Å²) in [7, 11) is -17.5. The van der Waals surface area contributed by atoms with Crippen molar-refractivity contribution in [3.05, 3.63) is 6.33 Å². The van der Waals surface area contributed by atoms with E-state index in [-0.39, 0.29) is 22.9 Å². The van der Waals surface area contributed by atoms with Gasteiger partial charge in [-0.1, -0.05) is 0 Å². The van der Waals surface area contributed by atoms with Crippen LogP contribution < -0.4 is 11.5 Å². The summed E-state index contributed by atoms with van der Waals surface area (Å²) in [4.78, 5) is 47.0. The van der Waals surface area contributed by atoms with Crippen LogP contribution >= 0.6 is 23.5 Å². The minimum Gasteiger partial charge on any atom is -0.387 e. The minimum absolute atomic E-state index is 0.0766. The zero-order valence-electron chi connectivity index (χ0n) is 16.7. The van der Waals surface area contributed by atoms with E-state index in [1.807, 2.05) is 0 Å². The van der Waals surface area contributed by atoms with Crippen molar-refractivity contribution in [2.24, 2.45) is 0 Å². The minimum atomic E-state index is -5.95.